The van der Waals surface area contributed by atoms with Crippen molar-refractivity contribution in [2.75, 3.05) is 13.7 Å². The fourth-order valence-electron chi connectivity index (χ4n) is 3.67. The second-order valence-corrected chi connectivity index (χ2v) is 6.52. The van der Waals surface area contributed by atoms with E-state index in [9.17, 15) is 9.59 Å². The summed E-state index contributed by atoms with van der Waals surface area (Å²) in [5.74, 6) is -0.489. The van der Waals surface area contributed by atoms with Gasteiger partial charge in [-0.05, 0) is 5.56 Å². The highest BCUT2D eigenvalue weighted by molar-refractivity contribution is 5.95. The lowest BCUT2D eigenvalue weighted by Crippen LogP contribution is -2.38. The molecule has 0 amide bonds. The van der Waals surface area contributed by atoms with E-state index in [0.29, 0.717) is 17.8 Å². The summed E-state index contributed by atoms with van der Waals surface area (Å²) in [4.78, 5) is 27.2. The van der Waals surface area contributed by atoms with Gasteiger partial charge in [-0.1, -0.05) is 30.3 Å². The molecule has 26 heavy (non-hydrogen) atoms. The standard InChI is InChI=1S/C19H20N4O3/c1-21-16-8-9-22(11-13-6-4-3-5-7-13)12-15(16)18(24)23-17(21)14(10-20-23)19(25)26-2/h3-7,10H,8-9,11-12H2,1-2H3. The molecule has 0 aliphatic carbocycles. The molecule has 1 aliphatic rings. The molecule has 0 saturated carbocycles. The van der Waals surface area contributed by atoms with Gasteiger partial charge in [0.2, 0.25) is 0 Å². The second-order valence-electron chi connectivity index (χ2n) is 6.52. The van der Waals surface area contributed by atoms with Crippen LogP contribution in [0.4, 0.5) is 0 Å². The van der Waals surface area contributed by atoms with E-state index >= 15 is 0 Å². The third kappa shape index (κ3) is 2.61. The minimum absolute atomic E-state index is 0.166. The van der Waals surface area contributed by atoms with Crippen molar-refractivity contribution in [1.29, 1.82) is 0 Å². The number of hydrogen-bond donors (Lipinski definition) is 0. The van der Waals surface area contributed by atoms with Gasteiger partial charge < -0.3 is 9.30 Å². The number of aryl methyl sites for hydroxylation is 1. The summed E-state index contributed by atoms with van der Waals surface area (Å²) in [6.45, 7) is 2.22. The number of nitrogens with zero attached hydrogens (tertiary/aromatic N) is 4. The van der Waals surface area contributed by atoms with Crippen molar-refractivity contribution < 1.29 is 9.53 Å². The maximum absolute atomic E-state index is 13.0. The minimum Gasteiger partial charge on any atom is -0.465 e. The zero-order chi connectivity index (χ0) is 18.3. The number of hydrogen-bond acceptors (Lipinski definition) is 5. The van der Waals surface area contributed by atoms with Gasteiger partial charge in [-0.25, -0.2) is 4.79 Å². The highest BCUT2D eigenvalue weighted by Crippen LogP contribution is 2.21. The molecule has 0 fully saturated rings. The van der Waals surface area contributed by atoms with E-state index in [0.717, 1.165) is 30.8 Å². The number of carbonyl (C=O) groups excluding carboxylic acids is 1. The summed E-state index contributed by atoms with van der Waals surface area (Å²) in [6.07, 6.45) is 2.14. The smallest absolute Gasteiger partial charge is 0.343 e. The second kappa shape index (κ2) is 6.42. The van der Waals surface area contributed by atoms with E-state index in [1.165, 1.54) is 23.4 Å². The fraction of sp³-hybridized carbons (Fsp3) is 0.316. The number of ether oxygens (including phenoxy) is 1. The molecule has 3 heterocycles. The lowest BCUT2D eigenvalue weighted by Gasteiger charge is -2.29. The van der Waals surface area contributed by atoms with Crippen LogP contribution in [0.2, 0.25) is 0 Å². The number of esters is 1. The summed E-state index contributed by atoms with van der Waals surface area (Å²) in [6, 6.07) is 10.2. The summed E-state index contributed by atoms with van der Waals surface area (Å²) in [5, 5.41) is 4.13. The molecule has 0 bridgehead atoms. The molecule has 0 unspecified atom stereocenters. The van der Waals surface area contributed by atoms with E-state index in [1.54, 1.807) is 0 Å². The van der Waals surface area contributed by atoms with Crippen LogP contribution in [0.25, 0.3) is 5.65 Å². The van der Waals surface area contributed by atoms with Crippen molar-refractivity contribution in [3.05, 3.63) is 69.3 Å². The molecule has 4 rings (SSSR count). The Morgan fingerprint density at radius 3 is 2.77 bits per heavy atom. The average Bonchev–Trinajstić information content (AvgIpc) is 3.12. The predicted octanol–water partition coefficient (Wildman–Crippen LogP) is 1.38. The lowest BCUT2D eigenvalue weighted by atomic mass is 10.1. The minimum atomic E-state index is -0.489. The Labute approximate surface area is 150 Å². The molecule has 7 nitrogen and oxygen atoms in total. The molecule has 1 aromatic carbocycles. The van der Waals surface area contributed by atoms with Crippen molar-refractivity contribution >= 4 is 11.6 Å². The molecule has 0 saturated heterocycles. The molecule has 0 spiro atoms. The van der Waals surface area contributed by atoms with E-state index in [-0.39, 0.29) is 5.56 Å². The quantitative estimate of drug-likeness (QED) is 0.666. The number of fused-ring (bicyclic) bond motifs is 2. The first-order valence-corrected chi connectivity index (χ1v) is 8.53. The van der Waals surface area contributed by atoms with Crippen LogP contribution >= 0.6 is 0 Å². The molecule has 0 N–H and O–H groups in total. The molecule has 134 valence electrons. The molecular weight excluding hydrogens is 332 g/mol. The van der Waals surface area contributed by atoms with Gasteiger partial charge in [0.15, 0.2) is 5.65 Å². The van der Waals surface area contributed by atoms with E-state index in [2.05, 4.69) is 22.1 Å². The molecule has 0 atom stereocenters. The van der Waals surface area contributed by atoms with Gasteiger partial charge in [0.25, 0.3) is 5.56 Å². The lowest BCUT2D eigenvalue weighted by molar-refractivity contribution is 0.0602. The predicted molar refractivity (Wildman–Crippen MR) is 96.0 cm³/mol. The summed E-state index contributed by atoms with van der Waals surface area (Å²) >= 11 is 0. The van der Waals surface area contributed by atoms with Crippen molar-refractivity contribution in [3.8, 4) is 0 Å². The van der Waals surface area contributed by atoms with Gasteiger partial charge in [-0.3, -0.25) is 9.69 Å². The maximum atomic E-state index is 13.0. The SMILES string of the molecule is COC(=O)c1cnn2c(=O)c3c(n(C)c12)CCN(Cc1ccccc1)C3. The van der Waals surface area contributed by atoms with Crippen LogP contribution in [0, 0.1) is 0 Å². The Kier molecular flexibility index (Phi) is 4.08. The highest BCUT2D eigenvalue weighted by Gasteiger charge is 2.26. The van der Waals surface area contributed by atoms with Crippen molar-refractivity contribution in [2.45, 2.75) is 19.5 Å². The normalized spacial score (nSPS) is 14.4. The average molecular weight is 352 g/mol. The van der Waals surface area contributed by atoms with E-state index in [4.69, 9.17) is 4.74 Å². The third-order valence-corrected chi connectivity index (χ3v) is 4.97. The number of carbonyl (C=O) groups is 1. The Morgan fingerprint density at radius 1 is 1.27 bits per heavy atom. The van der Waals surface area contributed by atoms with Gasteiger partial charge >= 0.3 is 5.97 Å². The topological polar surface area (TPSA) is 68.8 Å². The van der Waals surface area contributed by atoms with E-state index < -0.39 is 5.97 Å². The molecule has 3 aromatic rings. The Morgan fingerprint density at radius 2 is 2.04 bits per heavy atom. The van der Waals surface area contributed by atoms with Crippen LogP contribution in [0.3, 0.4) is 0 Å². The van der Waals surface area contributed by atoms with Crippen LogP contribution in [0.15, 0.2) is 41.3 Å². The zero-order valence-electron chi connectivity index (χ0n) is 14.8. The van der Waals surface area contributed by atoms with Gasteiger partial charge in [-0.2, -0.15) is 9.61 Å². The largest absolute Gasteiger partial charge is 0.465 e. The van der Waals surface area contributed by atoms with E-state index in [1.807, 2.05) is 29.8 Å². The summed E-state index contributed by atoms with van der Waals surface area (Å²) < 4.78 is 8.01. The first-order chi connectivity index (χ1) is 12.6. The first-order valence-electron chi connectivity index (χ1n) is 8.53. The van der Waals surface area contributed by atoms with Crippen molar-refractivity contribution in [1.82, 2.24) is 19.1 Å². The highest BCUT2D eigenvalue weighted by atomic mass is 16.5. The molecule has 7 heteroatoms. The van der Waals surface area contributed by atoms with Crippen LogP contribution < -0.4 is 5.56 Å². The van der Waals surface area contributed by atoms with Gasteiger partial charge in [0.1, 0.15) is 5.56 Å². The molecule has 1 aliphatic heterocycles. The number of aromatic nitrogens is 3. The van der Waals surface area contributed by atoms with Crippen LogP contribution in [0.5, 0.6) is 0 Å². The number of benzene rings is 1. The maximum Gasteiger partial charge on any atom is 0.343 e. The van der Waals surface area contributed by atoms with Crippen LogP contribution in [0.1, 0.15) is 27.2 Å². The Balaban J connectivity index is 1.75. The van der Waals surface area contributed by atoms with Gasteiger partial charge in [-0.15, -0.1) is 0 Å². The Bertz CT molecular complexity index is 1040. The van der Waals surface area contributed by atoms with Gasteiger partial charge in [0, 0.05) is 38.8 Å². The fourth-order valence-corrected chi connectivity index (χ4v) is 3.67. The first kappa shape index (κ1) is 16.5. The van der Waals surface area contributed by atoms with Crippen LogP contribution in [-0.2, 0) is 31.3 Å². The number of methoxy groups -OCH3 is 1. The van der Waals surface area contributed by atoms with Gasteiger partial charge in [0.05, 0.1) is 18.9 Å². The van der Waals surface area contributed by atoms with Crippen LogP contribution in [-0.4, -0.2) is 38.7 Å². The summed E-state index contributed by atoms with van der Waals surface area (Å²) in [5.41, 5.74) is 3.54. The molecule has 2 aromatic heterocycles. The van der Waals surface area contributed by atoms with Crippen molar-refractivity contribution in [2.24, 2.45) is 7.05 Å². The zero-order valence-corrected chi connectivity index (χ0v) is 14.8. The number of rotatable bonds is 3. The molecule has 0 radical (unpaired) electrons. The molecular formula is C19H20N4O3. The Hall–Kier alpha value is -2.93. The monoisotopic (exact) mass is 352 g/mol. The third-order valence-electron chi connectivity index (χ3n) is 4.97. The van der Waals surface area contributed by atoms with Crippen molar-refractivity contribution in [3.63, 3.8) is 0 Å². The summed E-state index contributed by atoms with van der Waals surface area (Å²) in [7, 11) is 3.19.